The number of halogens is 5. The summed E-state index contributed by atoms with van der Waals surface area (Å²) < 4.78 is 42.2. The number of alkyl halides is 3. The SMILES string of the molecule is CC(C)(O)Cn1cc(C(=O)N[C@@H]2C[C@@H](Nc3cc(C(F)(F)F)nc4ccc(Cl)cc34)CC3(CC3)C2)c(Cl)n1. The molecule has 5 rings (SSSR count). The molecule has 0 saturated heterocycles. The number of anilines is 1. The second-order valence-electron chi connectivity index (χ2n) is 11.2. The predicted octanol–water partition coefficient (Wildman–Crippen LogP) is 6.07. The average molecular weight is 570 g/mol. The van der Waals surface area contributed by atoms with Gasteiger partial charge in [0.25, 0.3) is 5.91 Å². The number of aromatic nitrogens is 3. The van der Waals surface area contributed by atoms with Gasteiger partial charge in [0.15, 0.2) is 5.15 Å². The highest BCUT2D eigenvalue weighted by Crippen LogP contribution is 2.56. The van der Waals surface area contributed by atoms with E-state index in [0.29, 0.717) is 22.5 Å². The van der Waals surface area contributed by atoms with E-state index < -0.39 is 17.5 Å². The fourth-order valence-corrected chi connectivity index (χ4v) is 5.82. The molecule has 38 heavy (non-hydrogen) atoms. The van der Waals surface area contributed by atoms with Crippen LogP contribution in [0.25, 0.3) is 10.9 Å². The molecule has 2 saturated carbocycles. The highest BCUT2D eigenvalue weighted by Gasteiger charge is 2.49. The van der Waals surface area contributed by atoms with Crippen molar-refractivity contribution in [1.29, 1.82) is 0 Å². The molecule has 3 aromatic rings. The van der Waals surface area contributed by atoms with Crippen molar-refractivity contribution in [2.45, 2.75) is 76.4 Å². The van der Waals surface area contributed by atoms with Gasteiger partial charge in [0.1, 0.15) is 5.69 Å². The fraction of sp³-hybridized carbons (Fsp3) is 0.500. The van der Waals surface area contributed by atoms with Gasteiger partial charge in [-0.2, -0.15) is 18.3 Å². The number of nitrogens with one attached hydrogen (secondary N) is 2. The summed E-state index contributed by atoms with van der Waals surface area (Å²) in [6, 6.07) is 5.25. The lowest BCUT2D eigenvalue weighted by atomic mass is 9.79. The molecule has 3 N–H and O–H groups in total. The minimum atomic E-state index is -4.60. The van der Waals surface area contributed by atoms with E-state index in [4.69, 9.17) is 23.2 Å². The lowest BCUT2D eigenvalue weighted by Crippen LogP contribution is -2.45. The van der Waals surface area contributed by atoms with Crippen molar-refractivity contribution in [3.8, 4) is 0 Å². The number of benzene rings is 1. The molecule has 2 atom stereocenters. The number of hydrogen-bond acceptors (Lipinski definition) is 5. The standard InChI is InChI=1S/C26H28Cl2F3N5O2/c1-24(2,38)13-36-12-18(22(28)35-36)23(37)33-16-8-15(10-25(11-16)5-6-25)32-20-9-21(26(29,30)31)34-19-4-3-14(27)7-17(19)20/h3-4,7,9,12,15-16,38H,5-6,8,10-11,13H2,1-2H3,(H,32,34)(H,33,37)/t15-,16-/m1/s1. The van der Waals surface area contributed by atoms with Gasteiger partial charge >= 0.3 is 6.18 Å². The maximum absolute atomic E-state index is 13.6. The van der Waals surface area contributed by atoms with Gasteiger partial charge in [0.05, 0.1) is 23.2 Å². The smallest absolute Gasteiger partial charge is 0.389 e. The van der Waals surface area contributed by atoms with Crippen LogP contribution in [-0.4, -0.2) is 43.5 Å². The van der Waals surface area contributed by atoms with Gasteiger partial charge in [-0.25, -0.2) is 4.98 Å². The van der Waals surface area contributed by atoms with Crippen molar-refractivity contribution in [1.82, 2.24) is 20.1 Å². The molecule has 2 aliphatic rings. The molecule has 204 valence electrons. The number of rotatable bonds is 6. The van der Waals surface area contributed by atoms with Crippen molar-refractivity contribution in [2.24, 2.45) is 5.41 Å². The van der Waals surface area contributed by atoms with Crippen LogP contribution in [0.5, 0.6) is 0 Å². The van der Waals surface area contributed by atoms with Crippen molar-refractivity contribution >= 4 is 45.7 Å². The second kappa shape index (κ2) is 9.57. The molecule has 0 aliphatic heterocycles. The molecule has 0 bridgehead atoms. The summed E-state index contributed by atoms with van der Waals surface area (Å²) in [4.78, 5) is 16.9. The fourth-order valence-electron chi connectivity index (χ4n) is 5.42. The van der Waals surface area contributed by atoms with E-state index in [-0.39, 0.29) is 46.2 Å². The Morgan fingerprint density at radius 3 is 2.55 bits per heavy atom. The summed E-state index contributed by atoms with van der Waals surface area (Å²) in [5, 5.41) is 21.5. The Morgan fingerprint density at radius 2 is 1.89 bits per heavy atom. The Bertz CT molecular complexity index is 1380. The molecule has 2 heterocycles. The minimum Gasteiger partial charge on any atom is -0.389 e. The van der Waals surface area contributed by atoms with Gasteiger partial charge in [0, 0.05) is 34.4 Å². The van der Waals surface area contributed by atoms with E-state index in [1.165, 1.54) is 23.0 Å². The van der Waals surface area contributed by atoms with E-state index in [2.05, 4.69) is 20.7 Å². The van der Waals surface area contributed by atoms with Gasteiger partial charge in [-0.3, -0.25) is 9.48 Å². The van der Waals surface area contributed by atoms with Crippen molar-refractivity contribution in [3.05, 3.63) is 51.9 Å². The molecule has 12 heteroatoms. The Labute approximate surface area is 227 Å². The van der Waals surface area contributed by atoms with Crippen LogP contribution in [0.2, 0.25) is 10.2 Å². The molecule has 7 nitrogen and oxygen atoms in total. The zero-order chi connectivity index (χ0) is 27.5. The van der Waals surface area contributed by atoms with Crippen LogP contribution in [0.1, 0.15) is 62.0 Å². The van der Waals surface area contributed by atoms with Crippen LogP contribution >= 0.6 is 23.2 Å². The Kier molecular flexibility index (Phi) is 6.81. The predicted molar refractivity (Wildman–Crippen MR) is 139 cm³/mol. The van der Waals surface area contributed by atoms with E-state index >= 15 is 0 Å². The lowest BCUT2D eigenvalue weighted by molar-refractivity contribution is -0.140. The second-order valence-corrected chi connectivity index (χ2v) is 12.0. The number of aliphatic hydroxyl groups is 1. The minimum absolute atomic E-state index is 0.0378. The van der Waals surface area contributed by atoms with Crippen LogP contribution < -0.4 is 10.6 Å². The average Bonchev–Trinajstić information content (AvgIpc) is 3.41. The zero-order valence-corrected chi connectivity index (χ0v) is 22.4. The number of fused-ring (bicyclic) bond motifs is 1. The molecule has 2 fully saturated rings. The van der Waals surface area contributed by atoms with Crippen LogP contribution in [-0.2, 0) is 12.7 Å². The maximum Gasteiger partial charge on any atom is 0.433 e. The highest BCUT2D eigenvalue weighted by atomic mass is 35.5. The molecule has 1 aromatic carbocycles. The summed E-state index contributed by atoms with van der Waals surface area (Å²) in [5.41, 5.74) is -1.25. The van der Waals surface area contributed by atoms with Gasteiger partial charge < -0.3 is 15.7 Å². The topological polar surface area (TPSA) is 92.1 Å². The van der Waals surface area contributed by atoms with Crippen LogP contribution in [0.4, 0.5) is 18.9 Å². The van der Waals surface area contributed by atoms with E-state index in [0.717, 1.165) is 31.7 Å². The molecule has 2 aliphatic carbocycles. The number of pyridine rings is 1. The molecule has 0 unspecified atom stereocenters. The first-order chi connectivity index (χ1) is 17.7. The Balaban J connectivity index is 1.37. The van der Waals surface area contributed by atoms with Gasteiger partial charge in [-0.05, 0) is 75.6 Å². The first kappa shape index (κ1) is 27.0. The molecular weight excluding hydrogens is 542 g/mol. The molecule has 2 aromatic heterocycles. The first-order valence-corrected chi connectivity index (χ1v) is 13.2. The van der Waals surface area contributed by atoms with Crippen molar-refractivity contribution in [2.75, 3.05) is 5.32 Å². The molecular formula is C26H28Cl2F3N5O2. The molecule has 0 radical (unpaired) electrons. The number of nitrogens with zero attached hydrogens (tertiary/aromatic N) is 3. The Morgan fingerprint density at radius 1 is 1.18 bits per heavy atom. The van der Waals surface area contributed by atoms with Crippen molar-refractivity contribution in [3.63, 3.8) is 0 Å². The van der Waals surface area contributed by atoms with Crippen molar-refractivity contribution < 1.29 is 23.1 Å². The third-order valence-electron chi connectivity index (χ3n) is 7.15. The van der Waals surface area contributed by atoms with Crippen LogP contribution in [0.15, 0.2) is 30.5 Å². The number of hydrogen-bond donors (Lipinski definition) is 3. The lowest BCUT2D eigenvalue weighted by Gasteiger charge is -2.37. The maximum atomic E-state index is 13.6. The van der Waals surface area contributed by atoms with Gasteiger partial charge in [-0.15, -0.1) is 0 Å². The Hall–Kier alpha value is -2.56. The zero-order valence-electron chi connectivity index (χ0n) is 20.9. The third-order valence-corrected chi connectivity index (χ3v) is 7.67. The van der Waals surface area contributed by atoms with Gasteiger partial charge in [-0.1, -0.05) is 23.2 Å². The van der Waals surface area contributed by atoms with Crippen LogP contribution in [0.3, 0.4) is 0 Å². The number of carbonyl (C=O) groups is 1. The molecule has 1 amide bonds. The summed E-state index contributed by atoms with van der Waals surface area (Å²) in [6.45, 7) is 3.43. The van der Waals surface area contributed by atoms with E-state index in [1.54, 1.807) is 19.9 Å². The monoisotopic (exact) mass is 569 g/mol. The highest BCUT2D eigenvalue weighted by molar-refractivity contribution is 6.32. The van der Waals surface area contributed by atoms with E-state index in [9.17, 15) is 23.1 Å². The first-order valence-electron chi connectivity index (χ1n) is 12.4. The largest absolute Gasteiger partial charge is 0.433 e. The van der Waals surface area contributed by atoms with Gasteiger partial charge in [0.2, 0.25) is 0 Å². The summed E-state index contributed by atoms with van der Waals surface area (Å²) in [5.74, 6) is -0.376. The summed E-state index contributed by atoms with van der Waals surface area (Å²) >= 11 is 12.4. The van der Waals surface area contributed by atoms with E-state index in [1.807, 2.05) is 0 Å². The van der Waals surface area contributed by atoms with Crippen LogP contribution in [0, 0.1) is 5.41 Å². The number of carbonyl (C=O) groups excluding carboxylic acids is 1. The number of amides is 1. The quantitative estimate of drug-likeness (QED) is 0.335. The summed E-state index contributed by atoms with van der Waals surface area (Å²) in [7, 11) is 0. The molecule has 1 spiro atoms. The normalized spacial score (nSPS) is 21.1. The summed E-state index contributed by atoms with van der Waals surface area (Å²) in [6.07, 6.45) is 0.997. The third kappa shape index (κ3) is 6.02.